The molecule has 1 aliphatic heterocycles. The number of ether oxygens (including phenoxy) is 3. The highest BCUT2D eigenvalue weighted by Crippen LogP contribution is 2.44. The molecule has 0 aromatic heterocycles. The fourth-order valence-corrected chi connectivity index (χ4v) is 5.75. The highest BCUT2D eigenvalue weighted by molar-refractivity contribution is 5.95. The zero-order valence-corrected chi connectivity index (χ0v) is 23.0. The minimum absolute atomic E-state index is 0.403. The van der Waals surface area contributed by atoms with Gasteiger partial charge in [-0.2, -0.15) is 0 Å². The average molecular weight is 514 g/mol. The van der Waals surface area contributed by atoms with Crippen molar-refractivity contribution in [3.8, 4) is 17.2 Å². The van der Waals surface area contributed by atoms with Crippen molar-refractivity contribution in [3.63, 3.8) is 0 Å². The van der Waals surface area contributed by atoms with Crippen LogP contribution in [-0.4, -0.2) is 50.5 Å². The van der Waals surface area contributed by atoms with Gasteiger partial charge in [0.2, 0.25) is 0 Å². The third kappa shape index (κ3) is 5.74. The van der Waals surface area contributed by atoms with E-state index in [1.54, 1.807) is 14.2 Å². The maximum Gasteiger partial charge on any atom is 0.119 e. The molecule has 1 unspecified atom stereocenters. The molecule has 1 heterocycles. The molecular weight excluding hydrogens is 474 g/mol. The zero-order chi connectivity index (χ0) is 26.7. The van der Waals surface area contributed by atoms with Crippen molar-refractivity contribution >= 4 is 11.1 Å². The molecule has 0 bridgehead atoms. The standard InChI is InChI=1S/C33H39NO4/c1-33(2)17-18-34(22-33)19-20-38-27-12-7-24(8-13-27)32(35)31-29(23-5-10-26(36-3)11-6-23)15-9-25-21-28(37-4)14-16-30(25)31/h5-8,10-14,16,21,32,35H,9,15,17-20,22H2,1-4H3. The lowest BCUT2D eigenvalue weighted by molar-refractivity contribution is 0.222. The Hall–Kier alpha value is -3.28. The molecule has 1 atom stereocenters. The molecule has 0 saturated carbocycles. The van der Waals surface area contributed by atoms with E-state index >= 15 is 0 Å². The largest absolute Gasteiger partial charge is 0.497 e. The van der Waals surface area contributed by atoms with E-state index in [0.29, 0.717) is 12.0 Å². The Morgan fingerprint density at radius 1 is 0.868 bits per heavy atom. The van der Waals surface area contributed by atoms with E-state index in [0.717, 1.165) is 77.6 Å². The molecule has 1 N–H and O–H groups in total. The zero-order valence-electron chi connectivity index (χ0n) is 23.0. The van der Waals surface area contributed by atoms with Crippen molar-refractivity contribution in [2.24, 2.45) is 5.41 Å². The van der Waals surface area contributed by atoms with Crippen LogP contribution in [-0.2, 0) is 6.42 Å². The van der Waals surface area contributed by atoms with Gasteiger partial charge in [-0.15, -0.1) is 0 Å². The lowest BCUT2D eigenvalue weighted by atomic mass is 9.79. The van der Waals surface area contributed by atoms with Crippen molar-refractivity contribution in [2.75, 3.05) is 40.5 Å². The number of nitrogens with zero attached hydrogens (tertiary/aromatic N) is 1. The molecule has 1 saturated heterocycles. The van der Waals surface area contributed by atoms with Crippen molar-refractivity contribution in [2.45, 2.75) is 39.2 Å². The molecule has 5 heteroatoms. The van der Waals surface area contributed by atoms with Crippen molar-refractivity contribution in [3.05, 3.63) is 89.0 Å². The van der Waals surface area contributed by atoms with Gasteiger partial charge >= 0.3 is 0 Å². The van der Waals surface area contributed by atoms with Gasteiger partial charge in [0.05, 0.1) is 14.2 Å². The third-order valence-corrected chi connectivity index (χ3v) is 7.91. The van der Waals surface area contributed by atoms with Gasteiger partial charge in [0.1, 0.15) is 30.0 Å². The van der Waals surface area contributed by atoms with Crippen LogP contribution in [0.5, 0.6) is 17.2 Å². The minimum atomic E-state index is -0.763. The Balaban J connectivity index is 1.38. The van der Waals surface area contributed by atoms with Crippen LogP contribution in [0.1, 0.15) is 55.0 Å². The number of hydrogen-bond acceptors (Lipinski definition) is 5. The number of aryl methyl sites for hydroxylation is 1. The maximum atomic E-state index is 11.7. The normalized spacial score (nSPS) is 17.7. The number of methoxy groups -OCH3 is 2. The average Bonchev–Trinajstić information content (AvgIpc) is 3.30. The van der Waals surface area contributed by atoms with E-state index in [1.165, 1.54) is 12.0 Å². The van der Waals surface area contributed by atoms with E-state index in [-0.39, 0.29) is 0 Å². The number of aliphatic hydroxyl groups excluding tert-OH is 1. The summed E-state index contributed by atoms with van der Waals surface area (Å²) in [5.41, 5.74) is 6.73. The van der Waals surface area contributed by atoms with E-state index in [2.05, 4.69) is 43.0 Å². The summed E-state index contributed by atoms with van der Waals surface area (Å²) in [6, 6.07) is 22.2. The number of aliphatic hydroxyl groups is 1. The SMILES string of the molecule is COc1ccc(C2=C(C(O)c3ccc(OCCN4CCC(C)(C)C4)cc3)c3ccc(OC)cc3CC2)cc1. The topological polar surface area (TPSA) is 51.2 Å². The second-order valence-corrected chi connectivity index (χ2v) is 11.2. The second-order valence-electron chi connectivity index (χ2n) is 11.2. The predicted octanol–water partition coefficient (Wildman–Crippen LogP) is 6.41. The predicted molar refractivity (Wildman–Crippen MR) is 153 cm³/mol. The fourth-order valence-electron chi connectivity index (χ4n) is 5.75. The summed E-state index contributed by atoms with van der Waals surface area (Å²) in [4.78, 5) is 2.47. The maximum absolute atomic E-state index is 11.7. The molecule has 0 amide bonds. The summed E-state index contributed by atoms with van der Waals surface area (Å²) in [6.45, 7) is 8.52. The van der Waals surface area contributed by atoms with E-state index < -0.39 is 6.10 Å². The summed E-state index contributed by atoms with van der Waals surface area (Å²) >= 11 is 0. The first-order valence-electron chi connectivity index (χ1n) is 13.5. The smallest absolute Gasteiger partial charge is 0.119 e. The second kappa shape index (κ2) is 11.2. The van der Waals surface area contributed by atoms with Crippen LogP contribution in [0.25, 0.3) is 11.1 Å². The van der Waals surface area contributed by atoms with Gasteiger partial charge in [0, 0.05) is 13.1 Å². The number of rotatable bonds is 9. The fraction of sp³-hybridized carbons (Fsp3) is 0.394. The van der Waals surface area contributed by atoms with E-state index in [9.17, 15) is 5.11 Å². The number of hydrogen-bond donors (Lipinski definition) is 1. The number of allylic oxidation sites excluding steroid dienone is 1. The number of benzene rings is 3. The van der Waals surface area contributed by atoms with E-state index in [1.807, 2.05) is 42.5 Å². The summed E-state index contributed by atoms with van der Waals surface area (Å²) in [5, 5.41) is 11.7. The van der Waals surface area contributed by atoms with Crippen LogP contribution < -0.4 is 14.2 Å². The lowest BCUT2D eigenvalue weighted by Gasteiger charge is -2.28. The first kappa shape index (κ1) is 26.3. The molecule has 3 aromatic carbocycles. The molecule has 5 nitrogen and oxygen atoms in total. The van der Waals surface area contributed by atoms with Crippen LogP contribution in [0.15, 0.2) is 66.7 Å². The molecule has 3 aromatic rings. The molecule has 2 aliphatic rings. The monoisotopic (exact) mass is 513 g/mol. The van der Waals surface area contributed by atoms with Crippen LogP contribution in [0, 0.1) is 5.41 Å². The van der Waals surface area contributed by atoms with Gasteiger partial charge in [0.15, 0.2) is 0 Å². The highest BCUT2D eigenvalue weighted by atomic mass is 16.5. The van der Waals surface area contributed by atoms with Gasteiger partial charge < -0.3 is 19.3 Å². The summed E-state index contributed by atoms with van der Waals surface area (Å²) in [7, 11) is 3.36. The summed E-state index contributed by atoms with van der Waals surface area (Å²) < 4.78 is 16.9. The van der Waals surface area contributed by atoms with Gasteiger partial charge in [-0.25, -0.2) is 0 Å². The van der Waals surface area contributed by atoms with Crippen LogP contribution >= 0.6 is 0 Å². The van der Waals surface area contributed by atoms with Crippen molar-refractivity contribution in [1.29, 1.82) is 0 Å². The first-order chi connectivity index (χ1) is 18.4. The molecule has 1 aliphatic carbocycles. The van der Waals surface area contributed by atoms with Crippen LogP contribution in [0.4, 0.5) is 0 Å². The Morgan fingerprint density at radius 3 is 2.21 bits per heavy atom. The Kier molecular flexibility index (Phi) is 7.78. The molecular formula is C33H39NO4. The summed E-state index contributed by atoms with van der Waals surface area (Å²) in [5.74, 6) is 2.49. The lowest BCUT2D eigenvalue weighted by Crippen LogP contribution is -2.27. The van der Waals surface area contributed by atoms with Crippen LogP contribution in [0.3, 0.4) is 0 Å². The highest BCUT2D eigenvalue weighted by Gasteiger charge is 2.29. The summed E-state index contributed by atoms with van der Waals surface area (Å²) in [6.07, 6.45) is 2.21. The first-order valence-corrected chi connectivity index (χ1v) is 13.5. The van der Waals surface area contributed by atoms with Crippen molar-refractivity contribution < 1.29 is 19.3 Å². The molecule has 5 rings (SSSR count). The van der Waals surface area contributed by atoms with Gasteiger partial charge in [-0.05, 0) is 101 Å². The van der Waals surface area contributed by atoms with Gasteiger partial charge in [-0.3, -0.25) is 4.90 Å². The Labute approximate surface area is 226 Å². The quantitative estimate of drug-likeness (QED) is 0.359. The third-order valence-electron chi connectivity index (χ3n) is 7.91. The van der Waals surface area contributed by atoms with Gasteiger partial charge in [-0.1, -0.05) is 44.2 Å². The molecule has 0 radical (unpaired) electrons. The molecule has 200 valence electrons. The minimum Gasteiger partial charge on any atom is -0.497 e. The number of fused-ring (bicyclic) bond motifs is 1. The number of likely N-dealkylation sites (tertiary alicyclic amines) is 1. The molecule has 1 fully saturated rings. The molecule has 0 spiro atoms. The van der Waals surface area contributed by atoms with Crippen LogP contribution in [0.2, 0.25) is 0 Å². The Bertz CT molecular complexity index is 1280. The van der Waals surface area contributed by atoms with Gasteiger partial charge in [0.25, 0.3) is 0 Å². The van der Waals surface area contributed by atoms with Crippen molar-refractivity contribution in [1.82, 2.24) is 4.90 Å². The molecule has 38 heavy (non-hydrogen) atoms. The Morgan fingerprint density at radius 2 is 1.55 bits per heavy atom. The van der Waals surface area contributed by atoms with E-state index in [4.69, 9.17) is 14.2 Å².